The van der Waals surface area contributed by atoms with E-state index in [4.69, 9.17) is 5.73 Å². The average molecular weight is 298 g/mol. The lowest BCUT2D eigenvalue weighted by Gasteiger charge is -2.27. The fourth-order valence-electron chi connectivity index (χ4n) is 1.92. The van der Waals surface area contributed by atoms with Crippen LogP contribution in [0.4, 0.5) is 8.78 Å². The van der Waals surface area contributed by atoms with Crippen molar-refractivity contribution in [2.75, 3.05) is 0 Å². The zero-order valence-electron chi connectivity index (χ0n) is 13.0. The molecule has 2 unspecified atom stereocenters. The number of nitrogens with two attached hydrogens (primary N) is 1. The number of halogens is 2. The Morgan fingerprint density at radius 1 is 1.29 bits per heavy atom. The van der Waals surface area contributed by atoms with Gasteiger partial charge in [-0.1, -0.05) is 26.8 Å². The molecule has 1 aromatic rings. The number of hydrogen-bond donors (Lipinski definition) is 2. The number of hydrogen-bond acceptors (Lipinski definition) is 2. The van der Waals surface area contributed by atoms with Gasteiger partial charge in [0.05, 0.1) is 0 Å². The van der Waals surface area contributed by atoms with E-state index in [-0.39, 0.29) is 41.8 Å². The highest BCUT2D eigenvalue weighted by molar-refractivity contribution is 5.77. The van der Waals surface area contributed by atoms with Crippen molar-refractivity contribution in [2.45, 2.75) is 52.6 Å². The molecule has 118 valence electrons. The largest absolute Gasteiger partial charge is 0.353 e. The molecular weight excluding hydrogens is 274 g/mol. The summed E-state index contributed by atoms with van der Waals surface area (Å²) in [5.41, 5.74) is 5.77. The van der Waals surface area contributed by atoms with Gasteiger partial charge in [0.1, 0.15) is 11.6 Å². The predicted octanol–water partition coefficient (Wildman–Crippen LogP) is 2.78. The van der Waals surface area contributed by atoms with Crippen LogP contribution in [0, 0.1) is 17.0 Å². The Bertz CT molecular complexity index is 477. The normalized spacial score (nSPS) is 14.6. The van der Waals surface area contributed by atoms with E-state index >= 15 is 0 Å². The molecule has 3 N–H and O–H groups in total. The molecule has 2 atom stereocenters. The number of carbonyl (C=O) groups excluding carboxylic acids is 1. The fraction of sp³-hybridized carbons (Fsp3) is 0.562. The second-order valence-corrected chi connectivity index (χ2v) is 6.55. The maximum atomic E-state index is 13.5. The molecule has 0 radical (unpaired) electrons. The van der Waals surface area contributed by atoms with Gasteiger partial charge in [-0.2, -0.15) is 0 Å². The van der Waals surface area contributed by atoms with E-state index in [1.807, 2.05) is 20.8 Å². The van der Waals surface area contributed by atoms with Gasteiger partial charge in [0, 0.05) is 24.1 Å². The first-order chi connectivity index (χ1) is 9.61. The van der Waals surface area contributed by atoms with Crippen molar-refractivity contribution in [3.8, 4) is 0 Å². The van der Waals surface area contributed by atoms with E-state index < -0.39 is 11.6 Å². The summed E-state index contributed by atoms with van der Waals surface area (Å²) in [4.78, 5) is 11.9. The van der Waals surface area contributed by atoms with Gasteiger partial charge < -0.3 is 11.1 Å². The number of nitrogens with one attached hydrogen (secondary N) is 1. The highest BCUT2D eigenvalue weighted by Crippen LogP contribution is 2.20. The second-order valence-electron chi connectivity index (χ2n) is 6.55. The van der Waals surface area contributed by atoms with E-state index in [9.17, 15) is 13.6 Å². The first-order valence-corrected chi connectivity index (χ1v) is 7.09. The zero-order valence-corrected chi connectivity index (χ0v) is 13.0. The smallest absolute Gasteiger partial charge is 0.221 e. The molecule has 0 bridgehead atoms. The molecule has 21 heavy (non-hydrogen) atoms. The Labute approximate surface area is 124 Å². The fourth-order valence-corrected chi connectivity index (χ4v) is 1.92. The van der Waals surface area contributed by atoms with E-state index in [1.165, 1.54) is 18.2 Å². The lowest BCUT2D eigenvalue weighted by atomic mass is 9.85. The SMILES string of the molecule is CC(Cc1c(F)cccc1F)NC(=O)CC(N)C(C)(C)C. The summed E-state index contributed by atoms with van der Waals surface area (Å²) in [6.07, 6.45) is 0.294. The van der Waals surface area contributed by atoms with Crippen LogP contribution < -0.4 is 11.1 Å². The minimum Gasteiger partial charge on any atom is -0.353 e. The quantitative estimate of drug-likeness (QED) is 0.878. The highest BCUT2D eigenvalue weighted by Gasteiger charge is 2.24. The standard InChI is InChI=1S/C16H24F2N2O/c1-10(8-11-12(17)6-5-7-13(11)18)20-15(21)9-14(19)16(2,3)4/h5-7,10,14H,8-9,19H2,1-4H3,(H,20,21). The van der Waals surface area contributed by atoms with Crippen LogP contribution in [-0.4, -0.2) is 18.0 Å². The van der Waals surface area contributed by atoms with Crippen LogP contribution in [0.5, 0.6) is 0 Å². The summed E-state index contributed by atoms with van der Waals surface area (Å²) in [6.45, 7) is 7.60. The first kappa shape index (κ1) is 17.6. The molecule has 0 aliphatic heterocycles. The number of carbonyl (C=O) groups is 1. The van der Waals surface area contributed by atoms with E-state index in [0.29, 0.717) is 0 Å². The number of amides is 1. The number of benzene rings is 1. The zero-order chi connectivity index (χ0) is 16.2. The third-order valence-electron chi connectivity index (χ3n) is 3.50. The Hall–Kier alpha value is -1.49. The van der Waals surface area contributed by atoms with Gasteiger partial charge in [0.25, 0.3) is 0 Å². The second kappa shape index (κ2) is 6.98. The summed E-state index contributed by atoms with van der Waals surface area (Å²) in [5.74, 6) is -1.40. The minimum atomic E-state index is -0.595. The summed E-state index contributed by atoms with van der Waals surface area (Å²) in [6, 6.07) is 3.11. The molecule has 0 fully saturated rings. The summed E-state index contributed by atoms with van der Waals surface area (Å²) >= 11 is 0. The Morgan fingerprint density at radius 2 is 1.81 bits per heavy atom. The van der Waals surface area contributed by atoms with Gasteiger partial charge >= 0.3 is 0 Å². The van der Waals surface area contributed by atoms with Gasteiger partial charge in [-0.3, -0.25) is 4.79 Å². The molecule has 0 aliphatic rings. The lowest BCUT2D eigenvalue weighted by Crippen LogP contribution is -2.42. The maximum Gasteiger partial charge on any atom is 0.221 e. The Morgan fingerprint density at radius 3 is 2.29 bits per heavy atom. The van der Waals surface area contributed by atoms with Crippen LogP contribution in [0.1, 0.15) is 39.7 Å². The predicted molar refractivity (Wildman–Crippen MR) is 79.7 cm³/mol. The molecule has 1 aromatic carbocycles. The van der Waals surface area contributed by atoms with Gasteiger partial charge in [-0.25, -0.2) is 8.78 Å². The van der Waals surface area contributed by atoms with E-state index in [0.717, 1.165) is 0 Å². The topological polar surface area (TPSA) is 55.1 Å². The van der Waals surface area contributed by atoms with Crippen LogP contribution in [-0.2, 0) is 11.2 Å². The molecule has 3 nitrogen and oxygen atoms in total. The molecule has 0 aliphatic carbocycles. The van der Waals surface area contributed by atoms with Crippen molar-refractivity contribution in [2.24, 2.45) is 11.1 Å². The lowest BCUT2D eigenvalue weighted by molar-refractivity contribution is -0.122. The Kier molecular flexibility index (Phi) is 5.84. The average Bonchev–Trinajstić information content (AvgIpc) is 2.32. The maximum absolute atomic E-state index is 13.5. The Balaban J connectivity index is 2.58. The molecule has 1 amide bonds. The highest BCUT2D eigenvalue weighted by atomic mass is 19.1. The van der Waals surface area contributed by atoms with Crippen molar-refractivity contribution < 1.29 is 13.6 Å². The van der Waals surface area contributed by atoms with Crippen molar-refractivity contribution in [1.29, 1.82) is 0 Å². The minimum absolute atomic E-state index is 0.00887. The van der Waals surface area contributed by atoms with Crippen LogP contribution in [0.3, 0.4) is 0 Å². The molecule has 0 heterocycles. The number of rotatable bonds is 5. The van der Waals surface area contributed by atoms with Crippen molar-refractivity contribution in [3.63, 3.8) is 0 Å². The third kappa shape index (κ3) is 5.42. The molecule has 5 heteroatoms. The van der Waals surface area contributed by atoms with Crippen LogP contribution >= 0.6 is 0 Å². The molecule has 0 aromatic heterocycles. The van der Waals surface area contributed by atoms with Gasteiger partial charge in [0.2, 0.25) is 5.91 Å². The van der Waals surface area contributed by atoms with Crippen molar-refractivity contribution in [1.82, 2.24) is 5.32 Å². The third-order valence-corrected chi connectivity index (χ3v) is 3.50. The van der Waals surface area contributed by atoms with E-state index in [2.05, 4.69) is 5.32 Å². The van der Waals surface area contributed by atoms with E-state index in [1.54, 1.807) is 6.92 Å². The summed E-state index contributed by atoms with van der Waals surface area (Å²) in [5, 5.41) is 2.73. The van der Waals surface area contributed by atoms with Gasteiger partial charge in [-0.15, -0.1) is 0 Å². The van der Waals surface area contributed by atoms with Gasteiger partial charge in [-0.05, 0) is 30.9 Å². The van der Waals surface area contributed by atoms with Crippen LogP contribution in [0.25, 0.3) is 0 Å². The van der Waals surface area contributed by atoms with Gasteiger partial charge in [0.15, 0.2) is 0 Å². The molecule has 1 rings (SSSR count). The molecule has 0 spiro atoms. The monoisotopic (exact) mass is 298 g/mol. The van der Waals surface area contributed by atoms with Crippen molar-refractivity contribution >= 4 is 5.91 Å². The van der Waals surface area contributed by atoms with Crippen molar-refractivity contribution in [3.05, 3.63) is 35.4 Å². The first-order valence-electron chi connectivity index (χ1n) is 7.09. The summed E-state index contributed by atoms with van der Waals surface area (Å²) in [7, 11) is 0. The molecule has 0 saturated heterocycles. The summed E-state index contributed by atoms with van der Waals surface area (Å²) < 4.78 is 27.1. The molecule has 0 saturated carbocycles. The van der Waals surface area contributed by atoms with Crippen LogP contribution in [0.15, 0.2) is 18.2 Å². The van der Waals surface area contributed by atoms with Crippen LogP contribution in [0.2, 0.25) is 0 Å². The molecular formula is C16H24F2N2O.